The molecule has 1 atom stereocenters. The lowest BCUT2D eigenvalue weighted by atomic mass is 9.97. The smallest absolute Gasteiger partial charge is 0.325 e. The minimum absolute atomic E-state index is 0.117. The molecular formula is C18H14BrN5O3. The number of hydrogen-bond acceptors (Lipinski definition) is 6. The van der Waals surface area contributed by atoms with Gasteiger partial charge in [-0.1, -0.05) is 39.3 Å². The highest BCUT2D eigenvalue weighted by atomic mass is 79.9. The Morgan fingerprint density at radius 1 is 1.22 bits per heavy atom. The van der Waals surface area contributed by atoms with Crippen LogP contribution in [0.3, 0.4) is 0 Å². The zero-order chi connectivity index (χ0) is 19.0. The van der Waals surface area contributed by atoms with Crippen LogP contribution in [0.2, 0.25) is 0 Å². The number of carbonyl (C=O) groups is 2. The Morgan fingerprint density at radius 3 is 2.81 bits per heavy atom. The van der Waals surface area contributed by atoms with Crippen LogP contribution in [0.25, 0.3) is 11.4 Å². The van der Waals surface area contributed by atoms with Gasteiger partial charge in [-0.05, 0) is 31.2 Å². The molecule has 0 saturated carbocycles. The Labute approximate surface area is 162 Å². The van der Waals surface area contributed by atoms with Crippen molar-refractivity contribution in [2.45, 2.75) is 19.0 Å². The van der Waals surface area contributed by atoms with Crippen LogP contribution in [-0.4, -0.2) is 32.0 Å². The predicted molar refractivity (Wildman–Crippen MR) is 98.1 cm³/mol. The summed E-state index contributed by atoms with van der Waals surface area (Å²) in [6.07, 6.45) is 1.57. The van der Waals surface area contributed by atoms with E-state index in [2.05, 4.69) is 36.4 Å². The summed E-state index contributed by atoms with van der Waals surface area (Å²) >= 11 is 3.39. The summed E-state index contributed by atoms with van der Waals surface area (Å²) in [5.74, 6) is 0.123. The van der Waals surface area contributed by atoms with Crippen molar-refractivity contribution in [3.63, 3.8) is 0 Å². The lowest BCUT2D eigenvalue weighted by molar-refractivity contribution is -0.131. The zero-order valence-corrected chi connectivity index (χ0v) is 15.8. The summed E-state index contributed by atoms with van der Waals surface area (Å²) in [7, 11) is 0. The highest BCUT2D eigenvalue weighted by Gasteiger charge is 2.50. The van der Waals surface area contributed by atoms with E-state index in [-0.39, 0.29) is 12.4 Å². The first-order valence-electron chi connectivity index (χ1n) is 8.11. The van der Waals surface area contributed by atoms with E-state index in [9.17, 15) is 9.59 Å². The van der Waals surface area contributed by atoms with Gasteiger partial charge in [-0.2, -0.15) is 4.98 Å². The molecule has 8 nitrogen and oxygen atoms in total. The maximum atomic E-state index is 12.9. The molecule has 0 aliphatic carbocycles. The van der Waals surface area contributed by atoms with Gasteiger partial charge in [0.25, 0.3) is 5.91 Å². The van der Waals surface area contributed by atoms with E-state index in [4.69, 9.17) is 4.52 Å². The van der Waals surface area contributed by atoms with E-state index < -0.39 is 17.5 Å². The van der Waals surface area contributed by atoms with E-state index in [0.29, 0.717) is 11.5 Å². The molecule has 3 aromatic rings. The Morgan fingerprint density at radius 2 is 2.07 bits per heavy atom. The number of imide groups is 1. The molecule has 1 aliphatic rings. The number of halogens is 1. The van der Waals surface area contributed by atoms with Crippen LogP contribution in [0.5, 0.6) is 0 Å². The average Bonchev–Trinajstić information content (AvgIpc) is 3.22. The number of carbonyl (C=O) groups excluding carboxylic acids is 2. The van der Waals surface area contributed by atoms with Crippen LogP contribution in [0, 0.1) is 0 Å². The van der Waals surface area contributed by atoms with Gasteiger partial charge >= 0.3 is 6.03 Å². The minimum atomic E-state index is -1.23. The number of hydrogen-bond donors (Lipinski definition) is 1. The molecule has 3 heterocycles. The Kier molecular flexibility index (Phi) is 4.23. The molecule has 1 unspecified atom stereocenters. The fourth-order valence-corrected chi connectivity index (χ4v) is 3.27. The molecule has 4 rings (SSSR count). The molecule has 3 amide bonds. The number of urea groups is 1. The Bertz CT molecular complexity index is 1020. The van der Waals surface area contributed by atoms with E-state index in [1.165, 1.54) is 0 Å². The second kappa shape index (κ2) is 6.58. The van der Waals surface area contributed by atoms with Crippen molar-refractivity contribution < 1.29 is 14.1 Å². The molecular weight excluding hydrogens is 414 g/mol. The molecule has 2 aromatic heterocycles. The van der Waals surface area contributed by atoms with Crippen molar-refractivity contribution in [3.8, 4) is 11.4 Å². The lowest BCUT2D eigenvalue weighted by Gasteiger charge is -2.20. The number of nitrogens with one attached hydrogen (secondary N) is 1. The number of aromatic nitrogens is 3. The average molecular weight is 428 g/mol. The second-order valence-electron chi connectivity index (χ2n) is 6.18. The van der Waals surface area contributed by atoms with Crippen LogP contribution in [0.15, 0.2) is 57.7 Å². The van der Waals surface area contributed by atoms with Gasteiger partial charge in [-0.3, -0.25) is 14.7 Å². The monoisotopic (exact) mass is 427 g/mol. The zero-order valence-electron chi connectivity index (χ0n) is 14.2. The fourth-order valence-electron chi connectivity index (χ4n) is 2.87. The van der Waals surface area contributed by atoms with Crippen molar-refractivity contribution >= 4 is 27.9 Å². The molecule has 9 heteroatoms. The molecule has 1 saturated heterocycles. The molecule has 1 aliphatic heterocycles. The number of benzene rings is 1. The van der Waals surface area contributed by atoms with Crippen molar-refractivity contribution in [1.82, 2.24) is 25.3 Å². The molecule has 0 radical (unpaired) electrons. The summed E-state index contributed by atoms with van der Waals surface area (Å²) in [4.78, 5) is 34.8. The quantitative estimate of drug-likeness (QED) is 0.642. The first kappa shape index (κ1) is 17.3. The van der Waals surface area contributed by atoms with E-state index in [1.54, 1.807) is 31.3 Å². The van der Waals surface area contributed by atoms with E-state index in [0.717, 1.165) is 14.9 Å². The van der Waals surface area contributed by atoms with Crippen LogP contribution >= 0.6 is 15.9 Å². The lowest BCUT2D eigenvalue weighted by Crippen LogP contribution is -2.41. The van der Waals surface area contributed by atoms with E-state index >= 15 is 0 Å². The minimum Gasteiger partial charge on any atom is -0.337 e. The third kappa shape index (κ3) is 3.10. The molecule has 136 valence electrons. The third-order valence-electron chi connectivity index (χ3n) is 4.30. The topological polar surface area (TPSA) is 101 Å². The molecule has 1 N–H and O–H groups in total. The molecule has 1 fully saturated rings. The standard InChI is InChI=1S/C18H14BrN5O3/c1-18(13-7-2-3-8-20-13)16(25)24(17(26)22-18)10-14-21-15(23-27-14)11-5-4-6-12(19)9-11/h2-9H,10H2,1H3,(H,22,26). The van der Waals surface area contributed by atoms with Gasteiger partial charge in [0.2, 0.25) is 11.7 Å². The van der Waals surface area contributed by atoms with Crippen LogP contribution in [0.4, 0.5) is 4.79 Å². The largest absolute Gasteiger partial charge is 0.337 e. The normalized spacial score (nSPS) is 19.4. The molecule has 0 spiro atoms. The molecule has 27 heavy (non-hydrogen) atoms. The van der Waals surface area contributed by atoms with Crippen molar-refractivity contribution in [2.75, 3.05) is 0 Å². The summed E-state index contributed by atoms with van der Waals surface area (Å²) in [6.45, 7) is 1.50. The molecule has 0 bridgehead atoms. The van der Waals surface area contributed by atoms with Gasteiger partial charge in [0.05, 0.1) is 5.69 Å². The highest BCUT2D eigenvalue weighted by molar-refractivity contribution is 9.10. The first-order valence-corrected chi connectivity index (χ1v) is 8.91. The van der Waals surface area contributed by atoms with Gasteiger partial charge in [0.1, 0.15) is 6.54 Å². The number of nitrogens with zero attached hydrogens (tertiary/aromatic N) is 4. The number of rotatable bonds is 4. The third-order valence-corrected chi connectivity index (χ3v) is 4.79. The van der Waals surface area contributed by atoms with Gasteiger partial charge in [0, 0.05) is 16.2 Å². The number of pyridine rings is 1. The van der Waals surface area contributed by atoms with Gasteiger partial charge in [-0.25, -0.2) is 4.79 Å². The molecule has 1 aromatic carbocycles. The summed E-state index contributed by atoms with van der Waals surface area (Å²) in [6, 6.07) is 12.1. The van der Waals surface area contributed by atoms with Crippen LogP contribution in [0.1, 0.15) is 18.5 Å². The van der Waals surface area contributed by atoms with Gasteiger partial charge in [0.15, 0.2) is 5.54 Å². The van der Waals surface area contributed by atoms with Crippen LogP contribution in [-0.2, 0) is 16.9 Å². The van der Waals surface area contributed by atoms with E-state index in [1.807, 2.05) is 24.3 Å². The Hall–Kier alpha value is -3.07. The summed E-state index contributed by atoms with van der Waals surface area (Å²) < 4.78 is 6.11. The van der Waals surface area contributed by atoms with Crippen molar-refractivity contribution in [1.29, 1.82) is 0 Å². The van der Waals surface area contributed by atoms with Crippen molar-refractivity contribution in [2.24, 2.45) is 0 Å². The van der Waals surface area contributed by atoms with Crippen LogP contribution < -0.4 is 5.32 Å². The highest BCUT2D eigenvalue weighted by Crippen LogP contribution is 2.28. The first-order chi connectivity index (χ1) is 13.0. The van der Waals surface area contributed by atoms with Gasteiger partial charge < -0.3 is 9.84 Å². The second-order valence-corrected chi connectivity index (χ2v) is 7.10. The predicted octanol–water partition coefficient (Wildman–Crippen LogP) is 2.86. The number of amides is 3. The Balaban J connectivity index is 1.57. The fraction of sp³-hybridized carbons (Fsp3) is 0.167. The van der Waals surface area contributed by atoms with Gasteiger partial charge in [-0.15, -0.1) is 0 Å². The van der Waals surface area contributed by atoms with Crippen molar-refractivity contribution in [3.05, 3.63) is 64.7 Å². The SMILES string of the molecule is CC1(c2ccccn2)NC(=O)N(Cc2nc(-c3cccc(Br)c3)no2)C1=O. The maximum Gasteiger partial charge on any atom is 0.325 e. The maximum absolute atomic E-state index is 12.9. The summed E-state index contributed by atoms with van der Waals surface area (Å²) in [5.41, 5.74) is -0.00742. The summed E-state index contributed by atoms with van der Waals surface area (Å²) in [5, 5.41) is 6.62.